The Morgan fingerprint density at radius 2 is 1.42 bits per heavy atom. The van der Waals surface area contributed by atoms with Crippen LogP contribution >= 0.6 is 0 Å². The van der Waals surface area contributed by atoms with E-state index in [0.717, 1.165) is 0 Å². The molecule has 1 atom stereocenters. The van der Waals surface area contributed by atoms with Crippen molar-refractivity contribution in [1.29, 1.82) is 0 Å². The number of aliphatic hydroxyl groups excluding tert-OH is 1. The van der Waals surface area contributed by atoms with Crippen LogP contribution in [0.5, 0.6) is 0 Å². The van der Waals surface area contributed by atoms with Crippen LogP contribution in [0.15, 0.2) is 60.7 Å². The second-order valence-corrected chi connectivity index (χ2v) is 11.3. The van der Waals surface area contributed by atoms with Crippen LogP contribution in [-0.2, 0) is 4.43 Å². The summed E-state index contributed by atoms with van der Waals surface area (Å²) in [6.45, 7) is 8.69. The smallest absolute Gasteiger partial charge is 0.262 e. The van der Waals surface area contributed by atoms with E-state index >= 15 is 0 Å². The van der Waals surface area contributed by atoms with Crippen LogP contribution in [0.3, 0.4) is 0 Å². The van der Waals surface area contributed by atoms with E-state index in [4.69, 9.17) is 4.43 Å². The number of benzene rings is 2. The SMILES string of the molecule is CC(O)C#CCO[Si](c1ccccc1)(c1ccccc1)C(C)(C)C. The van der Waals surface area contributed by atoms with Gasteiger partial charge in [-0.1, -0.05) is 93.3 Å². The van der Waals surface area contributed by atoms with E-state index in [2.05, 4.69) is 81.1 Å². The fourth-order valence-corrected chi connectivity index (χ4v) is 7.54. The lowest BCUT2D eigenvalue weighted by atomic mass is 10.2. The quantitative estimate of drug-likeness (QED) is 0.686. The Morgan fingerprint density at radius 1 is 0.958 bits per heavy atom. The monoisotopic (exact) mass is 338 g/mol. The second kappa shape index (κ2) is 7.81. The molecule has 3 heteroatoms. The van der Waals surface area contributed by atoms with Crippen molar-refractivity contribution in [2.75, 3.05) is 6.61 Å². The maximum absolute atomic E-state index is 9.36. The number of hydrogen-bond acceptors (Lipinski definition) is 2. The zero-order valence-electron chi connectivity index (χ0n) is 14.9. The van der Waals surface area contributed by atoms with Crippen LogP contribution < -0.4 is 10.4 Å². The molecular formula is C21H26O2Si. The topological polar surface area (TPSA) is 29.5 Å². The minimum absolute atomic E-state index is 0.0534. The van der Waals surface area contributed by atoms with E-state index in [1.54, 1.807) is 6.92 Å². The van der Waals surface area contributed by atoms with Gasteiger partial charge in [0, 0.05) is 0 Å². The molecule has 0 aliphatic heterocycles. The molecule has 0 bridgehead atoms. The molecule has 0 amide bonds. The third-order valence-corrected chi connectivity index (χ3v) is 9.07. The fourth-order valence-electron chi connectivity index (χ4n) is 3.10. The lowest BCUT2D eigenvalue weighted by molar-refractivity contribution is 0.253. The summed E-state index contributed by atoms with van der Waals surface area (Å²) in [5, 5.41) is 11.8. The van der Waals surface area contributed by atoms with Crippen molar-refractivity contribution in [2.24, 2.45) is 0 Å². The molecule has 126 valence electrons. The first-order valence-corrected chi connectivity index (χ1v) is 10.2. The van der Waals surface area contributed by atoms with Gasteiger partial charge in [-0.3, -0.25) is 0 Å². The van der Waals surface area contributed by atoms with Crippen LogP contribution in [0, 0.1) is 11.8 Å². The van der Waals surface area contributed by atoms with Gasteiger partial charge in [0.1, 0.15) is 6.10 Å². The molecule has 0 spiro atoms. The molecule has 1 N–H and O–H groups in total. The van der Waals surface area contributed by atoms with E-state index in [-0.39, 0.29) is 5.04 Å². The molecular weight excluding hydrogens is 312 g/mol. The Kier molecular flexibility index (Phi) is 6.01. The van der Waals surface area contributed by atoms with Crippen LogP contribution in [-0.4, -0.2) is 26.1 Å². The summed E-state index contributed by atoms with van der Waals surface area (Å²) in [6, 6.07) is 21.0. The maximum atomic E-state index is 9.36. The van der Waals surface area contributed by atoms with Crippen molar-refractivity contribution in [3.63, 3.8) is 0 Å². The Hall–Kier alpha value is -1.86. The molecule has 0 saturated carbocycles. The van der Waals surface area contributed by atoms with E-state index in [1.807, 2.05) is 12.1 Å². The van der Waals surface area contributed by atoms with Gasteiger partial charge in [0.2, 0.25) is 0 Å². The van der Waals surface area contributed by atoms with Gasteiger partial charge in [0.05, 0.1) is 6.61 Å². The van der Waals surface area contributed by atoms with Gasteiger partial charge in [0.15, 0.2) is 0 Å². The highest BCUT2D eigenvalue weighted by Gasteiger charge is 2.49. The number of aliphatic hydroxyl groups is 1. The standard InChI is InChI=1S/C21H26O2Si/c1-18(22)12-11-17-23-24(21(2,3)4,19-13-7-5-8-14-19)20-15-9-6-10-16-20/h5-10,13-16,18,22H,17H2,1-4H3. The first-order valence-electron chi connectivity index (χ1n) is 8.29. The summed E-state index contributed by atoms with van der Waals surface area (Å²) in [5.74, 6) is 5.74. The summed E-state index contributed by atoms with van der Waals surface area (Å²) >= 11 is 0. The molecule has 0 aliphatic rings. The summed E-state index contributed by atoms with van der Waals surface area (Å²) in [7, 11) is -2.51. The summed E-state index contributed by atoms with van der Waals surface area (Å²) in [5.41, 5.74) is 0. The molecule has 2 nitrogen and oxygen atoms in total. The van der Waals surface area contributed by atoms with Crippen molar-refractivity contribution in [2.45, 2.75) is 38.8 Å². The van der Waals surface area contributed by atoms with E-state index < -0.39 is 14.4 Å². The Labute approximate surface area is 146 Å². The van der Waals surface area contributed by atoms with Crippen molar-refractivity contribution in [1.82, 2.24) is 0 Å². The first-order chi connectivity index (χ1) is 11.4. The lowest BCUT2D eigenvalue weighted by Gasteiger charge is -2.42. The molecule has 2 aromatic rings. The van der Waals surface area contributed by atoms with Crippen molar-refractivity contribution in [3.8, 4) is 11.8 Å². The molecule has 24 heavy (non-hydrogen) atoms. The highest BCUT2D eigenvalue weighted by Crippen LogP contribution is 2.36. The number of hydrogen-bond donors (Lipinski definition) is 1. The lowest BCUT2D eigenvalue weighted by Crippen LogP contribution is -2.66. The fraction of sp³-hybridized carbons (Fsp3) is 0.333. The van der Waals surface area contributed by atoms with Crippen LogP contribution in [0.1, 0.15) is 27.7 Å². The van der Waals surface area contributed by atoms with Gasteiger partial charge in [-0.15, -0.1) is 0 Å². The van der Waals surface area contributed by atoms with Gasteiger partial charge < -0.3 is 9.53 Å². The Morgan fingerprint density at radius 3 is 1.79 bits per heavy atom. The maximum Gasteiger partial charge on any atom is 0.262 e. The molecule has 0 radical (unpaired) electrons. The first kappa shape index (κ1) is 18.5. The predicted octanol–water partition coefficient (Wildman–Crippen LogP) is 2.95. The molecule has 0 fully saturated rings. The summed E-state index contributed by atoms with van der Waals surface area (Å²) in [4.78, 5) is 0. The van der Waals surface area contributed by atoms with Crippen molar-refractivity contribution < 1.29 is 9.53 Å². The van der Waals surface area contributed by atoms with E-state index in [9.17, 15) is 5.11 Å². The van der Waals surface area contributed by atoms with Crippen LogP contribution in [0.4, 0.5) is 0 Å². The van der Waals surface area contributed by atoms with Gasteiger partial charge in [-0.05, 0) is 22.3 Å². The normalized spacial score (nSPS) is 13.0. The Balaban J connectivity index is 2.56. The predicted molar refractivity (Wildman–Crippen MR) is 103 cm³/mol. The third-order valence-electron chi connectivity index (χ3n) is 4.09. The second-order valence-electron chi connectivity index (χ2n) is 6.95. The average Bonchev–Trinajstić information content (AvgIpc) is 2.55. The number of rotatable bonds is 4. The molecule has 0 saturated heterocycles. The molecule has 2 rings (SSSR count). The summed E-state index contributed by atoms with van der Waals surface area (Å²) < 4.78 is 6.57. The largest absolute Gasteiger partial charge is 0.396 e. The minimum atomic E-state index is -2.51. The molecule has 1 unspecified atom stereocenters. The molecule has 0 aromatic heterocycles. The highest BCUT2D eigenvalue weighted by molar-refractivity contribution is 6.99. The molecule has 2 aromatic carbocycles. The zero-order valence-corrected chi connectivity index (χ0v) is 15.9. The van der Waals surface area contributed by atoms with E-state index in [0.29, 0.717) is 6.61 Å². The third kappa shape index (κ3) is 3.96. The summed E-state index contributed by atoms with van der Waals surface area (Å²) in [6.07, 6.45) is -0.632. The zero-order chi connectivity index (χ0) is 17.6. The molecule has 0 aliphatic carbocycles. The van der Waals surface area contributed by atoms with E-state index in [1.165, 1.54) is 10.4 Å². The van der Waals surface area contributed by atoms with Crippen LogP contribution in [0.2, 0.25) is 5.04 Å². The minimum Gasteiger partial charge on any atom is -0.396 e. The average molecular weight is 339 g/mol. The van der Waals surface area contributed by atoms with Crippen LogP contribution in [0.25, 0.3) is 0 Å². The Bertz CT molecular complexity index is 652. The van der Waals surface area contributed by atoms with Gasteiger partial charge >= 0.3 is 0 Å². The van der Waals surface area contributed by atoms with Gasteiger partial charge in [-0.2, -0.15) is 0 Å². The van der Waals surface area contributed by atoms with Crippen molar-refractivity contribution in [3.05, 3.63) is 60.7 Å². The van der Waals surface area contributed by atoms with Gasteiger partial charge in [-0.25, -0.2) is 0 Å². The highest BCUT2D eigenvalue weighted by atomic mass is 28.4. The van der Waals surface area contributed by atoms with Gasteiger partial charge in [0.25, 0.3) is 8.32 Å². The van der Waals surface area contributed by atoms with Crippen molar-refractivity contribution >= 4 is 18.7 Å². The molecule has 0 heterocycles.